The Kier molecular flexibility index (Phi) is 5.22. The second-order valence-electron chi connectivity index (χ2n) is 4.09. The van der Waals surface area contributed by atoms with Crippen molar-refractivity contribution in [2.45, 2.75) is 32.7 Å². The Morgan fingerprint density at radius 1 is 1.35 bits per heavy atom. The lowest BCUT2D eigenvalue weighted by Crippen LogP contribution is -2.37. The smallest absolute Gasteiger partial charge is 0.125 e. The average Bonchev–Trinajstić information content (AvgIpc) is 2.33. The second-order valence-corrected chi connectivity index (χ2v) is 4.09. The molecule has 4 heteroatoms. The van der Waals surface area contributed by atoms with E-state index in [2.05, 4.69) is 13.8 Å². The van der Waals surface area contributed by atoms with Crippen LogP contribution in [0.2, 0.25) is 0 Å². The first-order chi connectivity index (χ1) is 8.13. The summed E-state index contributed by atoms with van der Waals surface area (Å²) in [5.74, 6) is -0.303. The van der Waals surface area contributed by atoms with Crippen LogP contribution in [0.25, 0.3) is 0 Å². The van der Waals surface area contributed by atoms with Crippen molar-refractivity contribution in [3.05, 3.63) is 24.0 Å². The highest BCUT2D eigenvalue weighted by atomic mass is 19.1. The van der Waals surface area contributed by atoms with Gasteiger partial charge >= 0.3 is 0 Å². The van der Waals surface area contributed by atoms with Crippen molar-refractivity contribution < 1.29 is 9.50 Å². The van der Waals surface area contributed by atoms with Gasteiger partial charge in [0, 0.05) is 12.6 Å². The number of hydrogen-bond donors (Lipinski definition) is 2. The monoisotopic (exact) mass is 240 g/mol. The van der Waals surface area contributed by atoms with Crippen LogP contribution in [-0.4, -0.2) is 24.3 Å². The maximum Gasteiger partial charge on any atom is 0.125 e. The third kappa shape index (κ3) is 3.33. The van der Waals surface area contributed by atoms with Crippen LogP contribution < -0.4 is 10.6 Å². The minimum absolute atomic E-state index is 0.0342. The lowest BCUT2D eigenvalue weighted by atomic mass is 10.1. The molecule has 0 saturated carbocycles. The van der Waals surface area contributed by atoms with Crippen molar-refractivity contribution in [2.75, 3.05) is 23.8 Å². The zero-order chi connectivity index (χ0) is 12.8. The first-order valence-corrected chi connectivity index (χ1v) is 6.06. The number of nitrogens with two attached hydrogens (primary N) is 1. The first-order valence-electron chi connectivity index (χ1n) is 6.06. The summed E-state index contributed by atoms with van der Waals surface area (Å²) >= 11 is 0. The molecular weight excluding hydrogens is 219 g/mol. The van der Waals surface area contributed by atoms with E-state index < -0.39 is 0 Å². The molecule has 0 aliphatic heterocycles. The molecular formula is C13H21FN2O. The van der Waals surface area contributed by atoms with Gasteiger partial charge in [0.1, 0.15) is 5.82 Å². The van der Waals surface area contributed by atoms with Crippen molar-refractivity contribution in [3.8, 4) is 0 Å². The lowest BCUT2D eigenvalue weighted by molar-refractivity contribution is 0.296. The Balaban J connectivity index is 3.07. The van der Waals surface area contributed by atoms with E-state index in [-0.39, 0.29) is 18.5 Å². The zero-order valence-corrected chi connectivity index (χ0v) is 10.5. The molecule has 0 radical (unpaired) electrons. The average molecular weight is 240 g/mol. The van der Waals surface area contributed by atoms with Crippen LogP contribution in [0.3, 0.4) is 0 Å². The van der Waals surface area contributed by atoms with Crippen LogP contribution in [0.15, 0.2) is 18.2 Å². The summed E-state index contributed by atoms with van der Waals surface area (Å²) in [6.07, 6.45) is 1.87. The molecule has 0 aliphatic carbocycles. The van der Waals surface area contributed by atoms with E-state index in [1.807, 2.05) is 4.90 Å². The van der Waals surface area contributed by atoms with Crippen molar-refractivity contribution >= 4 is 11.4 Å². The topological polar surface area (TPSA) is 49.5 Å². The molecule has 3 nitrogen and oxygen atoms in total. The summed E-state index contributed by atoms with van der Waals surface area (Å²) in [5.41, 5.74) is 7.10. The van der Waals surface area contributed by atoms with E-state index >= 15 is 0 Å². The molecule has 17 heavy (non-hydrogen) atoms. The molecule has 0 unspecified atom stereocenters. The predicted molar refractivity (Wildman–Crippen MR) is 69.6 cm³/mol. The number of halogens is 1. The van der Waals surface area contributed by atoms with E-state index in [9.17, 15) is 4.39 Å². The highest BCUT2D eigenvalue weighted by Gasteiger charge is 2.17. The molecule has 1 aromatic carbocycles. The normalized spacial score (nSPS) is 10.9. The van der Waals surface area contributed by atoms with Gasteiger partial charge in [0.15, 0.2) is 0 Å². The van der Waals surface area contributed by atoms with E-state index in [0.717, 1.165) is 12.8 Å². The molecule has 96 valence electrons. The summed E-state index contributed by atoms with van der Waals surface area (Å²) in [4.78, 5) is 1.98. The molecule has 0 atom stereocenters. The third-order valence-corrected chi connectivity index (χ3v) is 3.03. The zero-order valence-electron chi connectivity index (χ0n) is 10.5. The minimum atomic E-state index is -0.303. The van der Waals surface area contributed by atoms with Gasteiger partial charge in [-0.25, -0.2) is 4.39 Å². The SMILES string of the molecule is CCC(CC)N(CCO)c1cc(F)ccc1N. The Morgan fingerprint density at radius 2 is 2.00 bits per heavy atom. The quantitative estimate of drug-likeness (QED) is 0.751. The van der Waals surface area contributed by atoms with Crippen LogP contribution in [0.1, 0.15) is 26.7 Å². The Hall–Kier alpha value is -1.29. The summed E-state index contributed by atoms with van der Waals surface area (Å²) in [5, 5.41) is 9.12. The van der Waals surface area contributed by atoms with E-state index in [0.29, 0.717) is 17.9 Å². The van der Waals surface area contributed by atoms with E-state index in [4.69, 9.17) is 10.8 Å². The number of benzene rings is 1. The van der Waals surface area contributed by atoms with Gasteiger partial charge < -0.3 is 15.7 Å². The second kappa shape index (κ2) is 6.45. The molecule has 3 N–H and O–H groups in total. The number of aliphatic hydroxyl groups is 1. The lowest BCUT2D eigenvalue weighted by Gasteiger charge is -2.33. The summed E-state index contributed by atoms with van der Waals surface area (Å²) < 4.78 is 13.3. The highest BCUT2D eigenvalue weighted by molar-refractivity contribution is 5.68. The van der Waals surface area contributed by atoms with Crippen molar-refractivity contribution in [3.63, 3.8) is 0 Å². The minimum Gasteiger partial charge on any atom is -0.397 e. The van der Waals surface area contributed by atoms with Gasteiger partial charge in [0.25, 0.3) is 0 Å². The molecule has 0 aliphatic rings. The van der Waals surface area contributed by atoms with Gasteiger partial charge in [-0.05, 0) is 31.0 Å². The van der Waals surface area contributed by atoms with Gasteiger partial charge in [-0.3, -0.25) is 0 Å². The van der Waals surface area contributed by atoms with Gasteiger partial charge in [0.05, 0.1) is 18.0 Å². The molecule has 0 aromatic heterocycles. The molecule has 1 rings (SSSR count). The number of rotatable bonds is 6. The molecule has 0 saturated heterocycles. The largest absolute Gasteiger partial charge is 0.397 e. The maximum atomic E-state index is 13.3. The van der Waals surface area contributed by atoms with Gasteiger partial charge in [-0.2, -0.15) is 0 Å². The molecule has 0 heterocycles. The standard InChI is InChI=1S/C13H21FN2O/c1-3-11(4-2)16(7-8-17)13-9-10(14)5-6-12(13)15/h5-6,9,11,17H,3-4,7-8,15H2,1-2H3. The molecule has 0 bridgehead atoms. The van der Waals surface area contributed by atoms with Crippen LogP contribution in [0.5, 0.6) is 0 Å². The Labute approximate surface area is 102 Å². The van der Waals surface area contributed by atoms with Crippen LogP contribution in [0.4, 0.5) is 15.8 Å². The Morgan fingerprint density at radius 3 is 2.53 bits per heavy atom. The summed E-state index contributed by atoms with van der Waals surface area (Å²) in [6, 6.07) is 4.62. The van der Waals surface area contributed by atoms with Gasteiger partial charge in [-0.15, -0.1) is 0 Å². The van der Waals surface area contributed by atoms with Gasteiger partial charge in [0.2, 0.25) is 0 Å². The highest BCUT2D eigenvalue weighted by Crippen LogP contribution is 2.27. The Bertz CT molecular complexity index is 353. The van der Waals surface area contributed by atoms with E-state index in [1.54, 1.807) is 6.07 Å². The molecule has 0 amide bonds. The van der Waals surface area contributed by atoms with Crippen molar-refractivity contribution in [1.82, 2.24) is 0 Å². The third-order valence-electron chi connectivity index (χ3n) is 3.03. The number of anilines is 2. The molecule has 1 aromatic rings. The van der Waals surface area contributed by atoms with Gasteiger partial charge in [-0.1, -0.05) is 13.8 Å². The fraction of sp³-hybridized carbons (Fsp3) is 0.538. The first kappa shape index (κ1) is 13.8. The van der Waals surface area contributed by atoms with E-state index in [1.165, 1.54) is 12.1 Å². The fourth-order valence-corrected chi connectivity index (χ4v) is 2.10. The predicted octanol–water partition coefficient (Wildman–Crippen LogP) is 2.40. The summed E-state index contributed by atoms with van der Waals surface area (Å²) in [7, 11) is 0. The number of nitrogens with zero attached hydrogens (tertiary/aromatic N) is 1. The maximum absolute atomic E-state index is 13.3. The van der Waals surface area contributed by atoms with Crippen molar-refractivity contribution in [1.29, 1.82) is 0 Å². The fourth-order valence-electron chi connectivity index (χ4n) is 2.10. The van der Waals surface area contributed by atoms with Crippen LogP contribution >= 0.6 is 0 Å². The molecule has 0 fully saturated rings. The van der Waals surface area contributed by atoms with Crippen molar-refractivity contribution in [2.24, 2.45) is 0 Å². The number of hydrogen-bond acceptors (Lipinski definition) is 3. The summed E-state index contributed by atoms with van der Waals surface area (Å²) in [6.45, 7) is 4.66. The van der Waals surface area contributed by atoms with Crippen LogP contribution in [0, 0.1) is 5.82 Å². The number of aliphatic hydroxyl groups excluding tert-OH is 1. The van der Waals surface area contributed by atoms with Crippen LogP contribution in [-0.2, 0) is 0 Å². The molecule has 0 spiro atoms. The number of nitrogen functional groups attached to an aromatic ring is 1.